The Bertz CT molecular complexity index is 803. The summed E-state index contributed by atoms with van der Waals surface area (Å²) in [5.74, 6) is 2.16. The topological polar surface area (TPSA) is 107 Å². The van der Waals surface area contributed by atoms with E-state index in [1.165, 1.54) is 6.42 Å². The first-order chi connectivity index (χ1) is 13.5. The fourth-order valence-corrected chi connectivity index (χ4v) is 4.77. The third kappa shape index (κ3) is 5.13. The van der Waals surface area contributed by atoms with E-state index in [0.29, 0.717) is 23.6 Å². The first-order valence-corrected chi connectivity index (χ1v) is 10.3. The molecule has 4 rings (SSSR count). The van der Waals surface area contributed by atoms with E-state index in [-0.39, 0.29) is 54.6 Å². The van der Waals surface area contributed by atoms with Crippen molar-refractivity contribution in [3.05, 3.63) is 30.4 Å². The average molecular weight is 456 g/mol. The van der Waals surface area contributed by atoms with E-state index in [1.54, 1.807) is 12.4 Å². The number of carbonyl (C=O) groups is 1. The molecule has 2 aromatic heterocycles. The number of amides is 1. The van der Waals surface area contributed by atoms with Crippen LogP contribution < -0.4 is 11.1 Å². The lowest BCUT2D eigenvalue weighted by atomic mass is 9.65. The van der Waals surface area contributed by atoms with Crippen LogP contribution in [0.1, 0.15) is 57.9 Å². The van der Waals surface area contributed by atoms with Gasteiger partial charge < -0.3 is 15.6 Å². The van der Waals surface area contributed by atoms with Gasteiger partial charge in [-0.15, -0.1) is 24.8 Å². The normalized spacial score (nSPS) is 26.3. The first-order valence-electron chi connectivity index (χ1n) is 10.3. The van der Waals surface area contributed by atoms with Crippen molar-refractivity contribution in [3.8, 4) is 11.4 Å². The van der Waals surface area contributed by atoms with Crippen molar-refractivity contribution >= 4 is 30.7 Å². The quantitative estimate of drug-likeness (QED) is 0.706. The van der Waals surface area contributed by atoms with Crippen LogP contribution in [0.5, 0.6) is 0 Å². The van der Waals surface area contributed by atoms with Crippen LogP contribution in [0.3, 0.4) is 0 Å². The zero-order chi connectivity index (χ0) is 19.7. The maximum absolute atomic E-state index is 13.1. The van der Waals surface area contributed by atoms with Gasteiger partial charge in [0.2, 0.25) is 17.6 Å². The maximum atomic E-state index is 13.1. The van der Waals surface area contributed by atoms with Gasteiger partial charge >= 0.3 is 0 Å². The zero-order valence-corrected chi connectivity index (χ0v) is 19.0. The number of rotatable bonds is 5. The number of nitrogens with one attached hydrogen (secondary N) is 1. The summed E-state index contributed by atoms with van der Waals surface area (Å²) in [7, 11) is 0. The van der Waals surface area contributed by atoms with Gasteiger partial charge in [0, 0.05) is 29.9 Å². The number of carbonyl (C=O) groups excluding carboxylic acids is 1. The molecule has 2 bridgehead atoms. The molecule has 2 fully saturated rings. The number of fused-ring (bicyclic) bond motifs is 2. The maximum Gasteiger partial charge on any atom is 0.249 e. The minimum absolute atomic E-state index is 0. The van der Waals surface area contributed by atoms with E-state index in [1.807, 2.05) is 26.0 Å². The Balaban J connectivity index is 0.00000160. The van der Waals surface area contributed by atoms with Crippen molar-refractivity contribution in [3.63, 3.8) is 0 Å². The van der Waals surface area contributed by atoms with Gasteiger partial charge in [-0.2, -0.15) is 4.98 Å². The molecule has 30 heavy (non-hydrogen) atoms. The van der Waals surface area contributed by atoms with Crippen LogP contribution in [0, 0.1) is 23.7 Å². The highest BCUT2D eigenvalue weighted by Gasteiger charge is 2.41. The summed E-state index contributed by atoms with van der Waals surface area (Å²) in [5.41, 5.74) is 7.22. The summed E-state index contributed by atoms with van der Waals surface area (Å²) in [6.07, 6.45) is 8.70. The van der Waals surface area contributed by atoms with Crippen molar-refractivity contribution in [2.24, 2.45) is 29.4 Å². The van der Waals surface area contributed by atoms with Gasteiger partial charge in [0.05, 0.1) is 0 Å². The number of nitrogens with zero attached hydrogens (tertiary/aromatic N) is 3. The first kappa shape index (κ1) is 24.6. The molecule has 0 aliphatic heterocycles. The second kappa shape index (κ2) is 10.6. The van der Waals surface area contributed by atoms with Gasteiger partial charge in [-0.25, -0.2) is 0 Å². The van der Waals surface area contributed by atoms with E-state index in [4.69, 9.17) is 10.3 Å². The van der Waals surface area contributed by atoms with Crippen LogP contribution in [0.25, 0.3) is 11.4 Å². The van der Waals surface area contributed by atoms with E-state index in [0.717, 1.165) is 31.2 Å². The predicted octanol–water partition coefficient (Wildman–Crippen LogP) is 3.94. The van der Waals surface area contributed by atoms with Crippen LogP contribution >= 0.6 is 24.8 Å². The molecule has 2 aliphatic rings. The molecule has 0 saturated heterocycles. The summed E-state index contributed by atoms with van der Waals surface area (Å²) in [4.78, 5) is 21.6. The minimum Gasteiger partial charge on any atom is -0.344 e. The Kier molecular flexibility index (Phi) is 8.64. The minimum atomic E-state index is -0.300. The smallest absolute Gasteiger partial charge is 0.249 e. The summed E-state index contributed by atoms with van der Waals surface area (Å²) < 4.78 is 5.51. The number of halogens is 2. The average Bonchev–Trinajstić information content (AvgIpc) is 3.16. The number of hydrogen-bond acceptors (Lipinski definition) is 6. The highest BCUT2D eigenvalue weighted by molar-refractivity contribution is 5.85. The fraction of sp³-hybridized carbons (Fsp3) is 0.619. The number of aromatic nitrogens is 3. The molecule has 2 aromatic rings. The van der Waals surface area contributed by atoms with Crippen LogP contribution in [-0.4, -0.2) is 27.1 Å². The van der Waals surface area contributed by atoms with Crippen molar-refractivity contribution < 1.29 is 9.32 Å². The second-order valence-corrected chi connectivity index (χ2v) is 8.62. The molecule has 2 heterocycles. The number of pyridine rings is 1. The van der Waals surface area contributed by atoms with E-state index in [9.17, 15) is 4.79 Å². The van der Waals surface area contributed by atoms with Crippen LogP contribution in [0.4, 0.5) is 0 Å². The third-order valence-corrected chi connectivity index (χ3v) is 6.39. The zero-order valence-electron chi connectivity index (χ0n) is 17.4. The Labute approximate surface area is 189 Å². The van der Waals surface area contributed by atoms with Crippen molar-refractivity contribution in [1.29, 1.82) is 0 Å². The Morgan fingerprint density at radius 3 is 2.40 bits per heavy atom. The molecule has 9 heteroatoms. The molecule has 166 valence electrons. The lowest BCUT2D eigenvalue weighted by Crippen LogP contribution is -2.49. The second-order valence-electron chi connectivity index (χ2n) is 8.62. The third-order valence-electron chi connectivity index (χ3n) is 6.39. The van der Waals surface area contributed by atoms with Gasteiger partial charge in [-0.1, -0.05) is 25.4 Å². The van der Waals surface area contributed by atoms with Crippen LogP contribution in [0.15, 0.2) is 29.0 Å². The summed E-state index contributed by atoms with van der Waals surface area (Å²) >= 11 is 0. The van der Waals surface area contributed by atoms with E-state index in [2.05, 4.69) is 20.4 Å². The Hall–Kier alpha value is -1.70. The highest BCUT2D eigenvalue weighted by atomic mass is 35.5. The molecular weight excluding hydrogens is 425 g/mol. The highest BCUT2D eigenvalue weighted by Crippen LogP contribution is 2.42. The van der Waals surface area contributed by atoms with Crippen LogP contribution in [-0.2, 0) is 4.79 Å². The van der Waals surface area contributed by atoms with Crippen molar-refractivity contribution in [1.82, 2.24) is 20.4 Å². The van der Waals surface area contributed by atoms with E-state index >= 15 is 0 Å². The molecule has 0 aromatic carbocycles. The molecule has 2 saturated carbocycles. The van der Waals surface area contributed by atoms with Gasteiger partial charge in [0.25, 0.3) is 0 Å². The molecule has 7 nitrogen and oxygen atoms in total. The molecule has 0 spiro atoms. The Morgan fingerprint density at radius 1 is 1.17 bits per heavy atom. The van der Waals surface area contributed by atoms with Crippen molar-refractivity contribution in [2.75, 3.05) is 0 Å². The van der Waals surface area contributed by atoms with E-state index < -0.39 is 0 Å². The summed E-state index contributed by atoms with van der Waals surface area (Å²) in [6, 6.07) is 3.63. The predicted molar refractivity (Wildman–Crippen MR) is 119 cm³/mol. The van der Waals surface area contributed by atoms with Gasteiger partial charge in [-0.05, 0) is 55.6 Å². The standard InChI is InChI=1S/C21H29N5O2.2ClH/c1-12(2)18(21-25-19(26-28-21)13-6-8-23-9-7-13)24-20(27)16-10-14-4-3-5-15(11-16)17(14)22;;/h6-9,12,14-18H,3-5,10-11,22H2,1-2H3,(H,24,27);2*1H. The summed E-state index contributed by atoms with van der Waals surface area (Å²) in [5, 5.41) is 7.27. The van der Waals surface area contributed by atoms with Gasteiger partial charge in [0.1, 0.15) is 6.04 Å². The lowest BCUT2D eigenvalue weighted by Gasteiger charge is -2.43. The SMILES string of the molecule is CC(C)C(NC(=O)C1CC2CCCC(C1)C2N)c1nc(-c2ccncc2)no1.Cl.Cl. The molecule has 3 unspecified atom stereocenters. The summed E-state index contributed by atoms with van der Waals surface area (Å²) in [6.45, 7) is 4.10. The molecular formula is C21H31Cl2N5O2. The molecule has 2 aliphatic carbocycles. The van der Waals surface area contributed by atoms with Crippen LogP contribution in [0.2, 0.25) is 0 Å². The number of nitrogens with two attached hydrogens (primary N) is 1. The monoisotopic (exact) mass is 455 g/mol. The molecule has 3 atom stereocenters. The largest absolute Gasteiger partial charge is 0.344 e. The molecule has 0 radical (unpaired) electrons. The molecule has 3 N–H and O–H groups in total. The van der Waals surface area contributed by atoms with Crippen molar-refractivity contribution in [2.45, 2.75) is 58.0 Å². The number of hydrogen-bond donors (Lipinski definition) is 2. The fourth-order valence-electron chi connectivity index (χ4n) is 4.77. The van der Waals surface area contributed by atoms with Gasteiger partial charge in [0.15, 0.2) is 0 Å². The van der Waals surface area contributed by atoms with Gasteiger partial charge in [-0.3, -0.25) is 9.78 Å². The molecule has 1 amide bonds. The lowest BCUT2D eigenvalue weighted by molar-refractivity contribution is -0.129. The Morgan fingerprint density at radius 2 is 1.80 bits per heavy atom.